The van der Waals surface area contributed by atoms with E-state index in [4.69, 9.17) is 5.14 Å². The van der Waals surface area contributed by atoms with Crippen molar-refractivity contribution in [3.8, 4) is 0 Å². The Kier molecular flexibility index (Phi) is 4.43. The van der Waals surface area contributed by atoms with Gasteiger partial charge in [-0.1, -0.05) is 0 Å². The van der Waals surface area contributed by atoms with Crippen LogP contribution in [0.1, 0.15) is 17.7 Å². The number of likely N-dealkylation sites (tertiary alicyclic amines) is 1. The summed E-state index contributed by atoms with van der Waals surface area (Å²) in [6.07, 6.45) is -3.70. The zero-order valence-corrected chi connectivity index (χ0v) is 12.2. The number of hydrogen-bond acceptors (Lipinski definition) is 4. The fourth-order valence-corrected chi connectivity index (χ4v) is 3.21. The smallest absolute Gasteiger partial charge is 0.336 e. The van der Waals surface area contributed by atoms with Crippen LogP contribution in [-0.4, -0.2) is 36.5 Å². The van der Waals surface area contributed by atoms with Crippen molar-refractivity contribution in [3.05, 3.63) is 29.6 Å². The van der Waals surface area contributed by atoms with Crippen molar-refractivity contribution >= 4 is 15.9 Å². The maximum Gasteiger partial charge on any atom is 0.417 e. The zero-order valence-electron chi connectivity index (χ0n) is 11.4. The largest absolute Gasteiger partial charge is 0.417 e. The van der Waals surface area contributed by atoms with Gasteiger partial charge < -0.3 is 4.90 Å². The van der Waals surface area contributed by atoms with Crippen LogP contribution in [0.3, 0.4) is 0 Å². The fourth-order valence-electron chi connectivity index (χ4n) is 2.33. The Balaban J connectivity index is 2.01. The minimum atomic E-state index is -4.46. The van der Waals surface area contributed by atoms with Gasteiger partial charge in [-0.25, -0.2) is 13.6 Å². The van der Waals surface area contributed by atoms with Gasteiger partial charge in [-0.15, -0.1) is 0 Å². The van der Waals surface area contributed by atoms with Gasteiger partial charge in [0.1, 0.15) is 0 Å². The van der Waals surface area contributed by atoms with Gasteiger partial charge in [0, 0.05) is 25.1 Å². The van der Waals surface area contributed by atoms with E-state index < -0.39 is 27.7 Å². The van der Waals surface area contributed by atoms with Crippen LogP contribution in [0.2, 0.25) is 0 Å². The van der Waals surface area contributed by atoms with E-state index in [1.807, 2.05) is 0 Å². The van der Waals surface area contributed by atoms with Crippen molar-refractivity contribution in [2.24, 2.45) is 11.1 Å². The van der Waals surface area contributed by atoms with Crippen LogP contribution in [0.4, 0.5) is 13.2 Å². The van der Waals surface area contributed by atoms with Gasteiger partial charge in [-0.3, -0.25) is 9.78 Å². The number of nitrogens with two attached hydrogens (primary N) is 1. The second-order valence-corrected chi connectivity index (χ2v) is 6.87. The summed E-state index contributed by atoms with van der Waals surface area (Å²) in [6.45, 7) is 0.232. The van der Waals surface area contributed by atoms with Crippen LogP contribution >= 0.6 is 0 Å². The monoisotopic (exact) mass is 337 g/mol. The van der Waals surface area contributed by atoms with Crippen molar-refractivity contribution < 1.29 is 26.4 Å². The molecule has 0 radical (unpaired) electrons. The molecule has 2 N–H and O–H groups in total. The first-order chi connectivity index (χ1) is 10.0. The number of rotatable bonds is 4. The number of amides is 1. The van der Waals surface area contributed by atoms with Crippen LogP contribution in [0, 0.1) is 5.92 Å². The van der Waals surface area contributed by atoms with E-state index in [0.29, 0.717) is 11.9 Å². The molecule has 0 spiro atoms. The van der Waals surface area contributed by atoms with Crippen LogP contribution < -0.4 is 5.14 Å². The summed E-state index contributed by atoms with van der Waals surface area (Å²) in [5.41, 5.74) is -0.561. The second-order valence-electron chi connectivity index (χ2n) is 5.21. The highest BCUT2D eigenvalue weighted by molar-refractivity contribution is 7.89. The molecule has 1 saturated heterocycles. The SMILES string of the molecule is NS(=O)(=O)CC1CC(=O)N(Cc2ccc(C(F)(F)F)cn2)C1. The predicted octanol–water partition coefficient (Wildman–Crippen LogP) is 0.737. The van der Waals surface area contributed by atoms with Crippen molar-refractivity contribution in [2.45, 2.75) is 19.1 Å². The highest BCUT2D eigenvalue weighted by atomic mass is 32.2. The molecule has 2 heterocycles. The van der Waals surface area contributed by atoms with Gasteiger partial charge in [0.2, 0.25) is 15.9 Å². The summed E-state index contributed by atoms with van der Waals surface area (Å²) in [4.78, 5) is 16.8. The third-order valence-electron chi connectivity index (χ3n) is 3.27. The lowest BCUT2D eigenvalue weighted by molar-refractivity contribution is -0.138. The van der Waals surface area contributed by atoms with E-state index in [1.165, 1.54) is 11.0 Å². The molecule has 1 unspecified atom stereocenters. The molecular formula is C12H14F3N3O3S. The number of carbonyl (C=O) groups is 1. The topological polar surface area (TPSA) is 93.4 Å². The minimum Gasteiger partial charge on any atom is -0.336 e. The van der Waals surface area contributed by atoms with Crippen LogP contribution in [0.25, 0.3) is 0 Å². The lowest BCUT2D eigenvalue weighted by atomic mass is 10.1. The van der Waals surface area contributed by atoms with Crippen molar-refractivity contribution in [2.75, 3.05) is 12.3 Å². The molecule has 1 aromatic heterocycles. The van der Waals surface area contributed by atoms with Crippen molar-refractivity contribution in [3.63, 3.8) is 0 Å². The number of primary sulfonamides is 1. The summed E-state index contributed by atoms with van der Waals surface area (Å²) in [5, 5.41) is 4.94. The van der Waals surface area contributed by atoms with Crippen molar-refractivity contribution in [1.29, 1.82) is 0 Å². The summed E-state index contributed by atoms with van der Waals surface area (Å²) in [7, 11) is -3.67. The maximum atomic E-state index is 12.4. The molecule has 0 aliphatic carbocycles. The number of carbonyl (C=O) groups excluding carboxylic acids is 1. The summed E-state index contributed by atoms with van der Waals surface area (Å²) < 4.78 is 59.3. The number of halogens is 3. The van der Waals surface area contributed by atoms with E-state index in [1.54, 1.807) is 0 Å². The molecule has 122 valence electrons. The Labute approximate surface area is 125 Å². The highest BCUT2D eigenvalue weighted by Gasteiger charge is 2.33. The second kappa shape index (κ2) is 5.84. The Hall–Kier alpha value is -1.68. The molecule has 0 bridgehead atoms. The van der Waals surface area contributed by atoms with Crippen LogP contribution in [-0.2, 0) is 27.5 Å². The molecule has 0 saturated carbocycles. The van der Waals surface area contributed by atoms with Crippen molar-refractivity contribution in [1.82, 2.24) is 9.88 Å². The van der Waals surface area contributed by atoms with E-state index in [-0.39, 0.29) is 31.2 Å². The first-order valence-corrected chi connectivity index (χ1v) is 8.06. The molecule has 1 aromatic rings. The van der Waals surface area contributed by atoms with Gasteiger partial charge in [0.15, 0.2) is 0 Å². The normalized spacial score (nSPS) is 19.7. The quantitative estimate of drug-likeness (QED) is 0.877. The Morgan fingerprint density at radius 1 is 1.36 bits per heavy atom. The van der Waals surface area contributed by atoms with Gasteiger partial charge in [0.05, 0.1) is 23.6 Å². The first-order valence-electron chi connectivity index (χ1n) is 6.35. The molecule has 1 aliphatic heterocycles. The Morgan fingerprint density at radius 3 is 2.55 bits per heavy atom. The molecule has 6 nitrogen and oxygen atoms in total. The molecule has 2 rings (SSSR count). The average Bonchev–Trinajstić information content (AvgIpc) is 2.66. The molecule has 1 fully saturated rings. The predicted molar refractivity (Wildman–Crippen MR) is 70.7 cm³/mol. The van der Waals surface area contributed by atoms with Crippen LogP contribution in [0.5, 0.6) is 0 Å². The van der Waals surface area contributed by atoms with Gasteiger partial charge in [-0.05, 0) is 12.1 Å². The number of sulfonamides is 1. The zero-order chi connectivity index (χ0) is 16.5. The van der Waals surface area contributed by atoms with Gasteiger partial charge >= 0.3 is 6.18 Å². The molecule has 22 heavy (non-hydrogen) atoms. The first kappa shape index (κ1) is 16.7. The third-order valence-corrected chi connectivity index (χ3v) is 4.20. The number of pyridine rings is 1. The summed E-state index contributed by atoms with van der Waals surface area (Å²) >= 11 is 0. The average molecular weight is 337 g/mol. The molecule has 0 aromatic carbocycles. The standard InChI is InChI=1S/C12H14F3N3O3S/c13-12(14,15)9-1-2-10(17-4-9)6-18-5-8(3-11(18)19)7-22(16,20)21/h1-2,4,8H,3,5-7H2,(H2,16,20,21). The van der Waals surface area contributed by atoms with Crippen LogP contribution in [0.15, 0.2) is 18.3 Å². The van der Waals surface area contributed by atoms with E-state index in [2.05, 4.69) is 4.98 Å². The molecule has 1 aliphatic rings. The minimum absolute atomic E-state index is 0.0398. The maximum absolute atomic E-state index is 12.4. The lowest BCUT2D eigenvalue weighted by Gasteiger charge is -2.16. The number of nitrogens with zero attached hydrogens (tertiary/aromatic N) is 2. The Morgan fingerprint density at radius 2 is 2.05 bits per heavy atom. The Bertz CT molecular complexity index is 658. The highest BCUT2D eigenvalue weighted by Crippen LogP contribution is 2.28. The molecule has 1 atom stereocenters. The number of aromatic nitrogens is 1. The third kappa shape index (κ3) is 4.41. The van der Waals surface area contributed by atoms with Gasteiger partial charge in [-0.2, -0.15) is 13.2 Å². The van der Waals surface area contributed by atoms with Gasteiger partial charge in [0.25, 0.3) is 0 Å². The number of alkyl halides is 3. The fraction of sp³-hybridized carbons (Fsp3) is 0.500. The molecule has 1 amide bonds. The van der Waals surface area contributed by atoms with E-state index in [0.717, 1.165) is 6.07 Å². The van der Waals surface area contributed by atoms with E-state index in [9.17, 15) is 26.4 Å². The summed E-state index contributed by atoms with van der Waals surface area (Å²) in [5.74, 6) is -0.970. The van der Waals surface area contributed by atoms with E-state index >= 15 is 0 Å². The molecular weight excluding hydrogens is 323 g/mol. The molecule has 10 heteroatoms. The number of hydrogen-bond donors (Lipinski definition) is 1. The lowest BCUT2D eigenvalue weighted by Crippen LogP contribution is -2.27. The summed E-state index contributed by atoms with van der Waals surface area (Å²) in [6, 6.07) is 2.09.